The number of nitrogens with zero attached hydrogens (tertiary/aromatic N) is 3. The molecule has 0 saturated heterocycles. The zero-order valence-electron chi connectivity index (χ0n) is 15.3. The Hall–Kier alpha value is -3.03. The Morgan fingerprint density at radius 3 is 2.78 bits per heavy atom. The van der Waals surface area contributed by atoms with E-state index in [1.54, 1.807) is 19.1 Å². The third kappa shape index (κ3) is 4.05. The fraction of sp³-hybridized carbons (Fsp3) is 0.421. The normalized spacial score (nSPS) is 19.5. The van der Waals surface area contributed by atoms with Crippen LogP contribution in [0, 0.1) is 23.0 Å². The fourth-order valence-corrected chi connectivity index (χ4v) is 3.42. The van der Waals surface area contributed by atoms with Crippen LogP contribution in [0.2, 0.25) is 0 Å². The van der Waals surface area contributed by atoms with Crippen LogP contribution in [0.1, 0.15) is 48.8 Å². The van der Waals surface area contributed by atoms with Gasteiger partial charge in [-0.3, -0.25) is 14.9 Å². The number of benzene rings is 1. The molecule has 1 aromatic carbocycles. The van der Waals surface area contributed by atoms with Gasteiger partial charge in [0.25, 0.3) is 5.69 Å². The van der Waals surface area contributed by atoms with Crippen LogP contribution in [0.4, 0.5) is 5.69 Å². The van der Waals surface area contributed by atoms with Gasteiger partial charge in [-0.05, 0) is 38.2 Å². The Labute approximate surface area is 155 Å². The number of rotatable bonds is 4. The molecule has 0 radical (unpaired) electrons. The smallest absolute Gasteiger partial charge is 0.363 e. The van der Waals surface area contributed by atoms with Gasteiger partial charge in [-0.1, -0.05) is 25.5 Å². The van der Waals surface area contributed by atoms with Crippen molar-refractivity contribution in [3.63, 3.8) is 0 Å². The summed E-state index contributed by atoms with van der Waals surface area (Å²) in [7, 11) is 0. The highest BCUT2D eigenvalue weighted by Gasteiger charge is 2.26. The number of para-hydroxylation sites is 2. The molecule has 0 bridgehead atoms. The van der Waals surface area contributed by atoms with Crippen LogP contribution in [0.25, 0.3) is 5.69 Å². The molecule has 2 aromatic rings. The number of hydrogen-bond acceptors (Lipinski definition) is 6. The monoisotopic (exact) mass is 371 g/mol. The maximum absolute atomic E-state index is 12.5. The molecule has 1 saturated carbocycles. The van der Waals surface area contributed by atoms with Crippen molar-refractivity contribution in [2.24, 2.45) is 5.92 Å². The summed E-state index contributed by atoms with van der Waals surface area (Å²) in [4.78, 5) is 35.6. The highest BCUT2D eigenvalue weighted by molar-refractivity contribution is 5.87. The quantitative estimate of drug-likeness (QED) is 0.464. The van der Waals surface area contributed by atoms with Gasteiger partial charge >= 0.3 is 5.97 Å². The van der Waals surface area contributed by atoms with Gasteiger partial charge in [-0.15, -0.1) is 0 Å². The van der Waals surface area contributed by atoms with Crippen molar-refractivity contribution >= 4 is 11.7 Å². The summed E-state index contributed by atoms with van der Waals surface area (Å²) in [6.45, 7) is 3.70. The maximum Gasteiger partial charge on any atom is 0.363 e. The SMILES string of the molecule is Cc1cc(=O)c(C(=O)OC2CCCC(C)C2)nn1-c1ccccc1[N+](=O)[O-]. The number of ether oxygens (including phenoxy) is 1. The lowest BCUT2D eigenvalue weighted by Crippen LogP contribution is -2.29. The summed E-state index contributed by atoms with van der Waals surface area (Å²) in [6, 6.07) is 7.27. The average Bonchev–Trinajstić information content (AvgIpc) is 2.61. The Morgan fingerprint density at radius 2 is 2.07 bits per heavy atom. The number of carbonyl (C=O) groups is 1. The molecule has 1 aromatic heterocycles. The van der Waals surface area contributed by atoms with Gasteiger partial charge in [0.1, 0.15) is 11.8 Å². The summed E-state index contributed by atoms with van der Waals surface area (Å²) in [5.41, 5.74) is -0.525. The molecule has 2 atom stereocenters. The van der Waals surface area contributed by atoms with E-state index in [9.17, 15) is 19.7 Å². The molecule has 0 aliphatic heterocycles. The van der Waals surface area contributed by atoms with Crippen molar-refractivity contribution < 1.29 is 14.5 Å². The molecule has 27 heavy (non-hydrogen) atoms. The second-order valence-corrected chi connectivity index (χ2v) is 6.96. The Morgan fingerprint density at radius 1 is 1.33 bits per heavy atom. The van der Waals surface area contributed by atoms with Gasteiger partial charge in [0.05, 0.1) is 4.92 Å². The van der Waals surface area contributed by atoms with E-state index in [1.165, 1.54) is 22.9 Å². The Kier molecular flexibility index (Phi) is 5.34. The van der Waals surface area contributed by atoms with Crippen molar-refractivity contribution in [3.8, 4) is 5.69 Å². The summed E-state index contributed by atoms with van der Waals surface area (Å²) in [5, 5.41) is 15.4. The second-order valence-electron chi connectivity index (χ2n) is 6.96. The maximum atomic E-state index is 12.5. The Balaban J connectivity index is 1.96. The van der Waals surface area contributed by atoms with Crippen LogP contribution in [0.15, 0.2) is 35.1 Å². The molecule has 0 spiro atoms. The lowest BCUT2D eigenvalue weighted by atomic mass is 9.89. The number of aromatic nitrogens is 2. The summed E-state index contributed by atoms with van der Waals surface area (Å²) in [6.07, 6.45) is 3.36. The molecule has 1 fully saturated rings. The molecule has 142 valence electrons. The van der Waals surface area contributed by atoms with Gasteiger partial charge in [0.15, 0.2) is 0 Å². The van der Waals surface area contributed by atoms with E-state index < -0.39 is 16.3 Å². The van der Waals surface area contributed by atoms with Gasteiger partial charge < -0.3 is 4.74 Å². The number of nitro benzene ring substituents is 1. The number of nitro groups is 1. The van der Waals surface area contributed by atoms with Crippen molar-refractivity contribution in [1.82, 2.24) is 9.78 Å². The first-order valence-electron chi connectivity index (χ1n) is 8.92. The minimum atomic E-state index is -0.786. The minimum Gasteiger partial charge on any atom is -0.457 e. The largest absolute Gasteiger partial charge is 0.457 e. The van der Waals surface area contributed by atoms with E-state index >= 15 is 0 Å². The van der Waals surface area contributed by atoms with E-state index in [1.807, 2.05) is 0 Å². The molecular formula is C19H21N3O5. The van der Waals surface area contributed by atoms with Crippen LogP contribution in [-0.4, -0.2) is 26.8 Å². The Bertz CT molecular complexity index is 937. The fourth-order valence-electron chi connectivity index (χ4n) is 3.42. The van der Waals surface area contributed by atoms with Gasteiger partial charge in [-0.25, -0.2) is 9.48 Å². The molecule has 2 unspecified atom stereocenters. The van der Waals surface area contributed by atoms with Crippen molar-refractivity contribution in [2.75, 3.05) is 0 Å². The van der Waals surface area contributed by atoms with E-state index in [-0.39, 0.29) is 23.2 Å². The molecule has 1 aliphatic carbocycles. The third-order valence-electron chi connectivity index (χ3n) is 4.77. The molecule has 0 amide bonds. The molecular weight excluding hydrogens is 350 g/mol. The zero-order valence-corrected chi connectivity index (χ0v) is 15.3. The molecule has 1 aliphatic rings. The number of esters is 1. The van der Waals surface area contributed by atoms with E-state index in [0.29, 0.717) is 11.6 Å². The van der Waals surface area contributed by atoms with E-state index in [4.69, 9.17) is 4.74 Å². The predicted molar refractivity (Wildman–Crippen MR) is 98.1 cm³/mol. The van der Waals surface area contributed by atoms with Crippen molar-refractivity contribution in [3.05, 3.63) is 62.1 Å². The van der Waals surface area contributed by atoms with Crippen LogP contribution in [-0.2, 0) is 4.74 Å². The minimum absolute atomic E-state index is 0.169. The van der Waals surface area contributed by atoms with Crippen LogP contribution >= 0.6 is 0 Å². The second kappa shape index (κ2) is 7.69. The summed E-state index contributed by atoms with van der Waals surface area (Å²) < 4.78 is 6.72. The topological polar surface area (TPSA) is 104 Å². The molecule has 0 N–H and O–H groups in total. The third-order valence-corrected chi connectivity index (χ3v) is 4.77. The van der Waals surface area contributed by atoms with E-state index in [0.717, 1.165) is 25.7 Å². The van der Waals surface area contributed by atoms with Crippen molar-refractivity contribution in [2.45, 2.75) is 45.6 Å². The van der Waals surface area contributed by atoms with Crippen LogP contribution < -0.4 is 5.43 Å². The average molecular weight is 371 g/mol. The standard InChI is InChI=1S/C19H21N3O5/c1-12-6-5-7-14(10-12)27-19(24)18-17(23)11-13(2)21(20-18)15-8-3-4-9-16(15)22(25)26/h3-4,8-9,11-12,14H,5-7,10H2,1-2H3. The van der Waals surface area contributed by atoms with Gasteiger partial charge in [0.2, 0.25) is 11.1 Å². The molecule has 8 nitrogen and oxygen atoms in total. The van der Waals surface area contributed by atoms with Gasteiger partial charge in [0, 0.05) is 17.8 Å². The van der Waals surface area contributed by atoms with Gasteiger partial charge in [-0.2, -0.15) is 5.10 Å². The lowest BCUT2D eigenvalue weighted by molar-refractivity contribution is -0.384. The number of hydrogen-bond donors (Lipinski definition) is 0. The lowest BCUT2D eigenvalue weighted by Gasteiger charge is -2.26. The summed E-state index contributed by atoms with van der Waals surface area (Å²) >= 11 is 0. The molecule has 3 rings (SSSR count). The highest BCUT2D eigenvalue weighted by atomic mass is 16.6. The van der Waals surface area contributed by atoms with Crippen LogP contribution in [0.3, 0.4) is 0 Å². The van der Waals surface area contributed by atoms with Crippen LogP contribution in [0.5, 0.6) is 0 Å². The van der Waals surface area contributed by atoms with Crippen molar-refractivity contribution in [1.29, 1.82) is 0 Å². The predicted octanol–water partition coefficient (Wildman–Crippen LogP) is 3.18. The first-order valence-corrected chi connectivity index (χ1v) is 8.92. The number of carbonyl (C=O) groups excluding carboxylic acids is 1. The molecule has 8 heteroatoms. The number of aryl methyl sites for hydroxylation is 1. The molecule has 1 heterocycles. The summed E-state index contributed by atoms with van der Waals surface area (Å²) in [5.74, 6) is -0.322. The first kappa shape index (κ1) is 18.8. The zero-order chi connectivity index (χ0) is 19.6. The highest BCUT2D eigenvalue weighted by Crippen LogP contribution is 2.26. The first-order chi connectivity index (χ1) is 12.9. The van der Waals surface area contributed by atoms with E-state index in [2.05, 4.69) is 12.0 Å².